The second-order valence-electron chi connectivity index (χ2n) is 2.77. The molecule has 0 bridgehead atoms. The molecule has 4 nitrogen and oxygen atoms in total. The van der Waals surface area contributed by atoms with Gasteiger partial charge >= 0.3 is 6.03 Å². The van der Waals surface area contributed by atoms with Gasteiger partial charge in [0.15, 0.2) is 0 Å². The monoisotopic (exact) mass is 214 g/mol. The molecule has 5 heteroatoms. The van der Waals surface area contributed by atoms with E-state index in [1.807, 2.05) is 24.4 Å². The van der Waals surface area contributed by atoms with Gasteiger partial charge in [-0.3, -0.25) is 0 Å². The maximum Gasteiger partial charge on any atom is 0.314 e. The highest BCUT2D eigenvalue weighted by Crippen LogP contribution is 2.17. The molecule has 1 aromatic heterocycles. The Morgan fingerprint density at radius 1 is 1.64 bits per heavy atom. The second-order valence-corrected chi connectivity index (χ2v) is 3.75. The van der Waals surface area contributed by atoms with Crippen molar-refractivity contribution >= 4 is 17.4 Å². The molecule has 0 saturated carbocycles. The van der Waals surface area contributed by atoms with Gasteiger partial charge < -0.3 is 15.7 Å². The van der Waals surface area contributed by atoms with Crippen LogP contribution in [0.4, 0.5) is 4.79 Å². The molecule has 1 aromatic rings. The second kappa shape index (κ2) is 5.62. The highest BCUT2D eigenvalue weighted by Gasteiger charge is 2.09. The highest BCUT2D eigenvalue weighted by molar-refractivity contribution is 7.10. The van der Waals surface area contributed by atoms with E-state index in [0.717, 1.165) is 4.88 Å². The molecule has 1 heterocycles. The first-order valence-corrected chi connectivity index (χ1v) is 5.35. The van der Waals surface area contributed by atoms with Gasteiger partial charge in [-0.1, -0.05) is 6.07 Å². The minimum Gasteiger partial charge on any atom is -0.386 e. The van der Waals surface area contributed by atoms with E-state index < -0.39 is 6.10 Å². The minimum absolute atomic E-state index is 0.242. The summed E-state index contributed by atoms with van der Waals surface area (Å²) in [6, 6.07) is 3.47. The van der Waals surface area contributed by atoms with Crippen molar-refractivity contribution < 1.29 is 9.90 Å². The molecular formula is C9H14N2O2S. The summed E-state index contributed by atoms with van der Waals surface area (Å²) in [5.74, 6) is 0. The Morgan fingerprint density at radius 2 is 2.43 bits per heavy atom. The molecule has 0 fully saturated rings. The van der Waals surface area contributed by atoms with Gasteiger partial charge in [0.2, 0.25) is 0 Å². The van der Waals surface area contributed by atoms with Crippen LogP contribution < -0.4 is 10.6 Å². The maximum absolute atomic E-state index is 11.0. The van der Waals surface area contributed by atoms with E-state index in [-0.39, 0.29) is 12.6 Å². The lowest BCUT2D eigenvalue weighted by molar-refractivity contribution is 0.176. The number of aliphatic hydroxyl groups excluding tert-OH is 1. The number of urea groups is 1. The van der Waals surface area contributed by atoms with Crippen molar-refractivity contribution in [2.24, 2.45) is 0 Å². The van der Waals surface area contributed by atoms with Gasteiger partial charge in [-0.2, -0.15) is 0 Å². The number of nitrogens with one attached hydrogen (secondary N) is 2. The quantitative estimate of drug-likeness (QED) is 0.703. The molecule has 0 aliphatic rings. The molecule has 0 aliphatic heterocycles. The van der Waals surface area contributed by atoms with Crippen LogP contribution in [0.15, 0.2) is 17.5 Å². The average Bonchev–Trinajstić information content (AvgIpc) is 2.67. The van der Waals surface area contributed by atoms with Crippen LogP contribution in [0.2, 0.25) is 0 Å². The van der Waals surface area contributed by atoms with Crippen LogP contribution in [0, 0.1) is 0 Å². The number of hydrogen-bond acceptors (Lipinski definition) is 3. The van der Waals surface area contributed by atoms with Crippen molar-refractivity contribution in [3.8, 4) is 0 Å². The van der Waals surface area contributed by atoms with E-state index in [9.17, 15) is 9.90 Å². The molecule has 78 valence electrons. The molecule has 1 unspecified atom stereocenters. The Bertz CT molecular complexity index is 274. The first-order chi connectivity index (χ1) is 6.74. The predicted molar refractivity (Wildman–Crippen MR) is 56.4 cm³/mol. The average molecular weight is 214 g/mol. The van der Waals surface area contributed by atoms with Crippen molar-refractivity contribution in [1.29, 1.82) is 0 Å². The molecular weight excluding hydrogens is 200 g/mol. The van der Waals surface area contributed by atoms with E-state index in [1.165, 1.54) is 11.3 Å². The van der Waals surface area contributed by atoms with Gasteiger partial charge in [-0.05, 0) is 18.4 Å². The third-order valence-corrected chi connectivity index (χ3v) is 2.64. The number of thiophene rings is 1. The van der Waals surface area contributed by atoms with E-state index in [4.69, 9.17) is 0 Å². The zero-order valence-corrected chi connectivity index (χ0v) is 8.80. The van der Waals surface area contributed by atoms with Crippen LogP contribution in [0.25, 0.3) is 0 Å². The zero-order chi connectivity index (χ0) is 10.4. The van der Waals surface area contributed by atoms with Gasteiger partial charge in [-0.25, -0.2) is 4.79 Å². The predicted octanol–water partition coefficient (Wildman–Crippen LogP) is 1.10. The molecule has 0 radical (unpaired) electrons. The van der Waals surface area contributed by atoms with E-state index >= 15 is 0 Å². The topological polar surface area (TPSA) is 61.4 Å². The standard InChI is InChI=1S/C9H14N2O2S/c1-2-10-9(13)11-6-7(12)8-4-3-5-14-8/h3-5,7,12H,2,6H2,1H3,(H2,10,11,13). The normalized spacial score (nSPS) is 12.1. The Hall–Kier alpha value is -1.07. The molecule has 2 amide bonds. The van der Waals surface area contributed by atoms with E-state index in [2.05, 4.69) is 10.6 Å². The molecule has 0 aliphatic carbocycles. The summed E-state index contributed by atoms with van der Waals surface area (Å²) in [6.45, 7) is 2.67. The minimum atomic E-state index is -0.613. The third-order valence-electron chi connectivity index (χ3n) is 1.66. The highest BCUT2D eigenvalue weighted by atomic mass is 32.1. The molecule has 3 N–H and O–H groups in total. The number of amides is 2. The van der Waals surface area contributed by atoms with Crippen LogP contribution in [0.1, 0.15) is 17.9 Å². The van der Waals surface area contributed by atoms with Crippen molar-refractivity contribution in [3.05, 3.63) is 22.4 Å². The Kier molecular flexibility index (Phi) is 4.42. The Morgan fingerprint density at radius 3 is 3.00 bits per heavy atom. The molecule has 0 aromatic carbocycles. The van der Waals surface area contributed by atoms with Gasteiger partial charge in [0.05, 0.1) is 6.54 Å². The largest absolute Gasteiger partial charge is 0.386 e. The van der Waals surface area contributed by atoms with Crippen LogP contribution in [-0.2, 0) is 0 Å². The fourth-order valence-electron chi connectivity index (χ4n) is 0.994. The summed E-state index contributed by atoms with van der Waals surface area (Å²) in [5, 5.41) is 16.7. The van der Waals surface area contributed by atoms with Gasteiger partial charge in [0, 0.05) is 11.4 Å². The summed E-state index contributed by atoms with van der Waals surface area (Å²) in [7, 11) is 0. The number of hydrogen-bond donors (Lipinski definition) is 3. The Balaban J connectivity index is 2.28. The number of rotatable bonds is 4. The summed E-state index contributed by atoms with van der Waals surface area (Å²) in [5.41, 5.74) is 0. The number of aliphatic hydroxyl groups is 1. The summed E-state index contributed by atoms with van der Waals surface area (Å²) >= 11 is 1.47. The van der Waals surface area contributed by atoms with Crippen LogP contribution in [0.5, 0.6) is 0 Å². The summed E-state index contributed by atoms with van der Waals surface area (Å²) < 4.78 is 0. The number of carbonyl (C=O) groups excluding carboxylic acids is 1. The summed E-state index contributed by atoms with van der Waals surface area (Å²) in [6.07, 6.45) is -0.613. The lowest BCUT2D eigenvalue weighted by Gasteiger charge is -2.10. The molecule has 0 saturated heterocycles. The number of carbonyl (C=O) groups is 1. The van der Waals surface area contributed by atoms with E-state index in [1.54, 1.807) is 0 Å². The fraction of sp³-hybridized carbons (Fsp3) is 0.444. The van der Waals surface area contributed by atoms with Crippen molar-refractivity contribution in [3.63, 3.8) is 0 Å². The molecule has 14 heavy (non-hydrogen) atoms. The molecule has 0 spiro atoms. The van der Waals surface area contributed by atoms with Crippen LogP contribution in [-0.4, -0.2) is 24.2 Å². The van der Waals surface area contributed by atoms with Gasteiger partial charge in [-0.15, -0.1) is 11.3 Å². The van der Waals surface area contributed by atoms with E-state index in [0.29, 0.717) is 6.54 Å². The first-order valence-electron chi connectivity index (χ1n) is 4.47. The Labute approximate surface area is 87.0 Å². The fourth-order valence-corrected chi connectivity index (χ4v) is 1.71. The molecule has 1 rings (SSSR count). The van der Waals surface area contributed by atoms with Crippen LogP contribution >= 0.6 is 11.3 Å². The lowest BCUT2D eigenvalue weighted by Crippen LogP contribution is -2.37. The third kappa shape index (κ3) is 3.35. The van der Waals surface area contributed by atoms with Crippen molar-refractivity contribution in [2.45, 2.75) is 13.0 Å². The summed E-state index contributed by atoms with van der Waals surface area (Å²) in [4.78, 5) is 11.8. The van der Waals surface area contributed by atoms with Crippen molar-refractivity contribution in [1.82, 2.24) is 10.6 Å². The van der Waals surface area contributed by atoms with Crippen LogP contribution in [0.3, 0.4) is 0 Å². The van der Waals surface area contributed by atoms with Crippen molar-refractivity contribution in [2.75, 3.05) is 13.1 Å². The zero-order valence-electron chi connectivity index (χ0n) is 7.99. The lowest BCUT2D eigenvalue weighted by atomic mass is 10.3. The first kappa shape index (κ1) is 11.0. The maximum atomic E-state index is 11.0. The smallest absolute Gasteiger partial charge is 0.314 e. The van der Waals surface area contributed by atoms with Gasteiger partial charge in [0.1, 0.15) is 6.10 Å². The molecule has 1 atom stereocenters. The van der Waals surface area contributed by atoms with Gasteiger partial charge in [0.25, 0.3) is 0 Å². The SMILES string of the molecule is CCNC(=O)NCC(O)c1cccs1.